The minimum atomic E-state index is 0.163. The maximum Gasteiger partial charge on any atom is 0.208 e. The number of carbonyl (C=O) groups is 1. The number of H-pyrrole nitrogens is 1. The third kappa shape index (κ3) is 2.95. The number of nitrogens with one attached hydrogen (secondary N) is 1. The zero-order valence-electron chi connectivity index (χ0n) is 12.5. The van der Waals surface area contributed by atoms with E-state index < -0.39 is 0 Å². The zero-order chi connectivity index (χ0) is 14.9. The summed E-state index contributed by atoms with van der Waals surface area (Å²) in [5.41, 5.74) is 3.60. The van der Waals surface area contributed by atoms with Crippen LogP contribution in [0.15, 0.2) is 23.4 Å². The van der Waals surface area contributed by atoms with Crippen molar-refractivity contribution in [3.63, 3.8) is 0 Å². The van der Waals surface area contributed by atoms with Crippen molar-refractivity contribution in [3.05, 3.63) is 40.7 Å². The van der Waals surface area contributed by atoms with Crippen LogP contribution in [0.5, 0.6) is 0 Å². The van der Waals surface area contributed by atoms with Crippen LogP contribution in [-0.2, 0) is 12.8 Å². The van der Waals surface area contributed by atoms with E-state index in [-0.39, 0.29) is 5.78 Å². The first-order chi connectivity index (χ1) is 10.8. The number of hydrogen-bond acceptors (Lipinski definition) is 4. The highest BCUT2D eigenvalue weighted by molar-refractivity contribution is 7.99. The molecule has 1 heterocycles. The molecule has 1 N–H and O–H groups in total. The molecular formula is C17H19N3OS. The molecule has 0 amide bonds. The Morgan fingerprint density at radius 1 is 1.23 bits per heavy atom. The predicted octanol–water partition coefficient (Wildman–Crippen LogP) is 3.54. The summed E-state index contributed by atoms with van der Waals surface area (Å²) in [6.07, 6.45) is 7.17. The maximum atomic E-state index is 12.4. The van der Waals surface area contributed by atoms with Crippen molar-refractivity contribution in [3.8, 4) is 0 Å². The Kier molecular flexibility index (Phi) is 3.74. The summed E-state index contributed by atoms with van der Waals surface area (Å²) in [5.74, 6) is 2.11. The summed E-state index contributed by atoms with van der Waals surface area (Å²) >= 11 is 1.42. The summed E-state index contributed by atoms with van der Waals surface area (Å²) in [5, 5.41) is 7.85. The summed E-state index contributed by atoms with van der Waals surface area (Å²) in [6.45, 7) is 0. The molecule has 5 heteroatoms. The fourth-order valence-corrected chi connectivity index (χ4v) is 3.68. The number of hydrogen-bond donors (Lipinski definition) is 1. The number of nitrogens with zero attached hydrogens (tertiary/aromatic N) is 2. The van der Waals surface area contributed by atoms with Crippen molar-refractivity contribution in [2.75, 3.05) is 5.75 Å². The van der Waals surface area contributed by atoms with Gasteiger partial charge in [-0.15, -0.1) is 5.10 Å². The lowest BCUT2D eigenvalue weighted by molar-refractivity contribution is 0.102. The van der Waals surface area contributed by atoms with Gasteiger partial charge in [0.15, 0.2) is 5.78 Å². The van der Waals surface area contributed by atoms with Gasteiger partial charge in [0, 0.05) is 11.5 Å². The van der Waals surface area contributed by atoms with Crippen molar-refractivity contribution < 1.29 is 4.79 Å². The second kappa shape index (κ2) is 5.88. The lowest BCUT2D eigenvalue weighted by Gasteiger charge is -2.16. The van der Waals surface area contributed by atoms with E-state index in [1.165, 1.54) is 48.6 Å². The number of aryl methyl sites for hydroxylation is 2. The Morgan fingerprint density at radius 2 is 2.05 bits per heavy atom. The smallest absolute Gasteiger partial charge is 0.208 e. The van der Waals surface area contributed by atoms with Gasteiger partial charge < -0.3 is 0 Å². The Balaban J connectivity index is 1.40. The molecule has 1 aromatic carbocycles. The first-order valence-electron chi connectivity index (χ1n) is 8.00. The van der Waals surface area contributed by atoms with Gasteiger partial charge in [-0.1, -0.05) is 23.9 Å². The Morgan fingerprint density at radius 3 is 2.86 bits per heavy atom. The molecule has 2 aromatic rings. The number of aromatic nitrogens is 3. The molecule has 4 nitrogen and oxygen atoms in total. The molecule has 22 heavy (non-hydrogen) atoms. The third-order valence-electron chi connectivity index (χ3n) is 4.45. The number of fused-ring (bicyclic) bond motifs is 1. The normalized spacial score (nSPS) is 17.3. The van der Waals surface area contributed by atoms with Crippen molar-refractivity contribution in [1.82, 2.24) is 15.2 Å². The van der Waals surface area contributed by atoms with Gasteiger partial charge in [0.25, 0.3) is 0 Å². The van der Waals surface area contributed by atoms with Crippen LogP contribution in [0, 0.1) is 0 Å². The van der Waals surface area contributed by atoms with Crippen LogP contribution in [0.4, 0.5) is 0 Å². The fourth-order valence-electron chi connectivity index (χ4n) is 2.98. The maximum absolute atomic E-state index is 12.4. The lowest BCUT2D eigenvalue weighted by Crippen LogP contribution is -2.07. The molecule has 0 unspecified atom stereocenters. The minimum Gasteiger partial charge on any atom is -0.293 e. The number of ketones is 1. The van der Waals surface area contributed by atoms with Gasteiger partial charge in [-0.3, -0.25) is 9.89 Å². The molecule has 0 radical (unpaired) electrons. The highest BCUT2D eigenvalue weighted by Crippen LogP contribution is 2.38. The molecule has 1 aromatic heterocycles. The highest BCUT2D eigenvalue weighted by atomic mass is 32.2. The molecule has 0 spiro atoms. The van der Waals surface area contributed by atoms with Gasteiger partial charge >= 0.3 is 0 Å². The second-order valence-corrected chi connectivity index (χ2v) is 7.12. The molecule has 2 aliphatic carbocycles. The van der Waals surface area contributed by atoms with Crippen LogP contribution >= 0.6 is 11.8 Å². The molecule has 1 saturated carbocycles. The van der Waals surface area contributed by atoms with Gasteiger partial charge in [0.1, 0.15) is 5.82 Å². The number of thioether (sulfide) groups is 1. The fraction of sp³-hybridized carbons (Fsp3) is 0.471. The molecule has 0 aliphatic heterocycles. The largest absolute Gasteiger partial charge is 0.293 e. The quantitative estimate of drug-likeness (QED) is 0.677. The molecule has 2 aliphatic rings. The van der Waals surface area contributed by atoms with E-state index in [2.05, 4.69) is 27.3 Å². The molecule has 1 fully saturated rings. The molecule has 114 valence electrons. The highest BCUT2D eigenvalue weighted by Gasteiger charge is 2.27. The minimum absolute atomic E-state index is 0.163. The monoisotopic (exact) mass is 313 g/mol. The Bertz CT molecular complexity index is 706. The molecule has 0 atom stereocenters. The standard InChI is InChI=1S/C17H19N3OS/c21-15(10-22-17-18-16(19-20-17)12-6-7-12)14-8-5-11-3-1-2-4-13(11)9-14/h5,8-9,12H,1-4,6-7,10H2,(H,18,19,20). The number of Topliss-reactive ketones (excluding diaryl/α,β-unsaturated/α-hetero) is 1. The molecule has 0 saturated heterocycles. The average molecular weight is 313 g/mol. The van der Waals surface area contributed by atoms with E-state index in [1.54, 1.807) is 0 Å². The van der Waals surface area contributed by atoms with E-state index in [0.29, 0.717) is 16.8 Å². The molecular weight excluding hydrogens is 294 g/mol. The van der Waals surface area contributed by atoms with Crippen LogP contribution in [0.1, 0.15) is 58.9 Å². The van der Waals surface area contributed by atoms with E-state index >= 15 is 0 Å². The van der Waals surface area contributed by atoms with Gasteiger partial charge in [0.05, 0.1) is 5.75 Å². The topological polar surface area (TPSA) is 58.6 Å². The molecule has 4 rings (SSSR count). The van der Waals surface area contributed by atoms with Crippen molar-refractivity contribution in [2.45, 2.75) is 49.6 Å². The van der Waals surface area contributed by atoms with Crippen LogP contribution in [0.3, 0.4) is 0 Å². The first-order valence-corrected chi connectivity index (χ1v) is 8.98. The first kappa shape index (κ1) is 14.0. The van der Waals surface area contributed by atoms with E-state index in [1.807, 2.05) is 6.07 Å². The average Bonchev–Trinajstić information content (AvgIpc) is 3.31. The van der Waals surface area contributed by atoms with E-state index in [0.717, 1.165) is 24.2 Å². The van der Waals surface area contributed by atoms with Gasteiger partial charge in [-0.2, -0.15) is 0 Å². The van der Waals surface area contributed by atoms with Crippen LogP contribution < -0.4 is 0 Å². The Hall–Kier alpha value is -1.62. The summed E-state index contributed by atoms with van der Waals surface area (Å²) in [6, 6.07) is 6.19. The van der Waals surface area contributed by atoms with Crippen molar-refractivity contribution in [1.29, 1.82) is 0 Å². The number of benzene rings is 1. The Labute approximate surface area is 134 Å². The number of rotatable bonds is 5. The van der Waals surface area contributed by atoms with Crippen LogP contribution in [0.2, 0.25) is 0 Å². The van der Waals surface area contributed by atoms with Crippen LogP contribution in [0.25, 0.3) is 0 Å². The second-order valence-electron chi connectivity index (χ2n) is 6.18. The number of aromatic amines is 1. The van der Waals surface area contributed by atoms with Gasteiger partial charge in [0.2, 0.25) is 5.16 Å². The van der Waals surface area contributed by atoms with Gasteiger partial charge in [-0.25, -0.2) is 4.98 Å². The summed E-state index contributed by atoms with van der Waals surface area (Å²) in [4.78, 5) is 16.8. The SMILES string of the molecule is O=C(CSc1n[nH]c(C2CC2)n1)c1ccc2c(c1)CCCC2. The van der Waals surface area contributed by atoms with Gasteiger partial charge in [-0.05, 0) is 55.7 Å². The third-order valence-corrected chi connectivity index (χ3v) is 5.30. The van der Waals surface area contributed by atoms with E-state index in [9.17, 15) is 4.79 Å². The molecule has 0 bridgehead atoms. The van der Waals surface area contributed by atoms with Crippen LogP contribution in [-0.4, -0.2) is 26.7 Å². The van der Waals surface area contributed by atoms with E-state index in [4.69, 9.17) is 0 Å². The summed E-state index contributed by atoms with van der Waals surface area (Å²) in [7, 11) is 0. The predicted molar refractivity (Wildman–Crippen MR) is 86.5 cm³/mol. The van der Waals surface area contributed by atoms with Crippen molar-refractivity contribution in [2.24, 2.45) is 0 Å². The lowest BCUT2D eigenvalue weighted by atomic mass is 9.90. The number of carbonyl (C=O) groups excluding carboxylic acids is 1. The zero-order valence-corrected chi connectivity index (χ0v) is 13.3. The summed E-state index contributed by atoms with van der Waals surface area (Å²) < 4.78 is 0. The van der Waals surface area contributed by atoms with Crippen molar-refractivity contribution >= 4 is 17.5 Å².